The molecule has 46 valence electrons. The van der Waals surface area contributed by atoms with Crippen molar-refractivity contribution >= 4 is 6.72 Å². The van der Waals surface area contributed by atoms with Gasteiger partial charge in [0, 0.05) is 6.72 Å². The maximum Gasteiger partial charge on any atom is 0.203 e. The highest BCUT2D eigenvalue weighted by molar-refractivity contribution is 5.23. The summed E-state index contributed by atoms with van der Waals surface area (Å²) in [6, 6.07) is 0. The van der Waals surface area contributed by atoms with E-state index in [-0.39, 0.29) is 5.88 Å². The van der Waals surface area contributed by atoms with Gasteiger partial charge in [0.15, 0.2) is 0 Å². The maximum absolute atomic E-state index is 8.76. The Labute approximate surface area is 48.7 Å². The quantitative estimate of drug-likeness (QED) is 0.319. The minimum Gasteiger partial charge on any atom is -0.494 e. The molecule has 0 bridgehead atoms. The first-order valence-electron chi connectivity index (χ1n) is 2.26. The fourth-order valence-electron chi connectivity index (χ4n) is 0.187. The van der Waals surface area contributed by atoms with E-state index >= 15 is 0 Å². The first-order chi connectivity index (χ1) is 3.68. The van der Waals surface area contributed by atoms with E-state index in [2.05, 4.69) is 17.2 Å². The van der Waals surface area contributed by atoms with Crippen LogP contribution in [0.3, 0.4) is 0 Å². The van der Waals surface area contributed by atoms with E-state index < -0.39 is 0 Å². The van der Waals surface area contributed by atoms with Gasteiger partial charge in [-0.1, -0.05) is 0 Å². The number of nitrogens with zero attached hydrogens (tertiary/aromatic N) is 1. The predicted octanol–water partition coefficient (Wildman–Crippen LogP) is 1.00. The second-order valence-electron chi connectivity index (χ2n) is 1.62. The zero-order valence-electron chi connectivity index (χ0n) is 5.10. The Balaban J connectivity index is 3.79. The van der Waals surface area contributed by atoms with Crippen molar-refractivity contribution in [2.45, 2.75) is 13.8 Å². The van der Waals surface area contributed by atoms with Gasteiger partial charge in [0.05, 0.1) is 0 Å². The maximum atomic E-state index is 8.76. The molecule has 0 spiro atoms. The van der Waals surface area contributed by atoms with Crippen LogP contribution in [0.1, 0.15) is 13.8 Å². The molecule has 0 aromatic heterocycles. The minimum atomic E-state index is 0.0694. The summed E-state index contributed by atoms with van der Waals surface area (Å²) in [6.45, 7) is 6.67. The van der Waals surface area contributed by atoms with Crippen molar-refractivity contribution < 1.29 is 5.11 Å². The van der Waals surface area contributed by atoms with Crippen molar-refractivity contribution in [1.29, 1.82) is 0 Å². The molecule has 0 saturated heterocycles. The molecule has 3 nitrogen and oxygen atoms in total. The normalized spacial score (nSPS) is 7.75. The number of hydrogen-bond donors (Lipinski definition) is 2. The minimum absolute atomic E-state index is 0.0694. The topological polar surface area (TPSA) is 44.6 Å². The molecular formula is C5H10N2O. The molecule has 0 aliphatic rings. The van der Waals surface area contributed by atoms with Gasteiger partial charge in [0.25, 0.3) is 0 Å². The van der Waals surface area contributed by atoms with Crippen LogP contribution in [0.4, 0.5) is 0 Å². The van der Waals surface area contributed by atoms with Gasteiger partial charge in [-0.2, -0.15) is 5.10 Å². The molecule has 0 aromatic carbocycles. The first-order valence-corrected chi connectivity index (χ1v) is 2.26. The van der Waals surface area contributed by atoms with Crippen LogP contribution in [-0.4, -0.2) is 11.8 Å². The largest absolute Gasteiger partial charge is 0.494 e. The van der Waals surface area contributed by atoms with Crippen molar-refractivity contribution in [3.8, 4) is 0 Å². The van der Waals surface area contributed by atoms with E-state index in [1.54, 1.807) is 13.8 Å². The summed E-state index contributed by atoms with van der Waals surface area (Å²) in [4.78, 5) is 0. The molecule has 0 unspecified atom stereocenters. The van der Waals surface area contributed by atoms with Crippen molar-refractivity contribution in [3.05, 3.63) is 11.5 Å². The summed E-state index contributed by atoms with van der Waals surface area (Å²) in [5.74, 6) is 0.0694. The summed E-state index contributed by atoms with van der Waals surface area (Å²) in [5, 5.41) is 12.0. The summed E-state index contributed by atoms with van der Waals surface area (Å²) < 4.78 is 0. The molecule has 0 aliphatic carbocycles. The lowest BCUT2D eigenvalue weighted by molar-refractivity contribution is 0.361. The molecule has 8 heavy (non-hydrogen) atoms. The van der Waals surface area contributed by atoms with Crippen molar-refractivity contribution in [2.75, 3.05) is 0 Å². The van der Waals surface area contributed by atoms with E-state index in [4.69, 9.17) is 5.11 Å². The van der Waals surface area contributed by atoms with Gasteiger partial charge in [-0.3, -0.25) is 0 Å². The highest BCUT2D eigenvalue weighted by Gasteiger charge is 1.87. The molecular weight excluding hydrogens is 104 g/mol. The standard InChI is InChI=1S/C5H10N2O/c1-4(2)5(8)7-6-3/h7-8H,3H2,1-2H3. The van der Waals surface area contributed by atoms with Crippen LogP contribution in [0.15, 0.2) is 16.6 Å². The molecule has 0 atom stereocenters. The molecule has 0 amide bonds. The summed E-state index contributed by atoms with van der Waals surface area (Å²) in [7, 11) is 0. The van der Waals surface area contributed by atoms with Gasteiger partial charge in [-0.05, 0) is 19.4 Å². The molecule has 0 saturated carbocycles. The average molecular weight is 114 g/mol. The van der Waals surface area contributed by atoms with Crippen molar-refractivity contribution in [3.63, 3.8) is 0 Å². The van der Waals surface area contributed by atoms with Gasteiger partial charge in [-0.15, -0.1) is 0 Å². The van der Waals surface area contributed by atoms with Crippen LogP contribution in [0.2, 0.25) is 0 Å². The summed E-state index contributed by atoms with van der Waals surface area (Å²) in [5.41, 5.74) is 3.08. The fraction of sp³-hybridized carbons (Fsp3) is 0.400. The Morgan fingerprint density at radius 3 is 2.25 bits per heavy atom. The number of aliphatic hydroxyl groups excluding tert-OH is 1. The van der Waals surface area contributed by atoms with Gasteiger partial charge in [-0.25, -0.2) is 5.43 Å². The third-order valence-corrected chi connectivity index (χ3v) is 0.659. The van der Waals surface area contributed by atoms with Gasteiger partial charge in [0.1, 0.15) is 0 Å². The van der Waals surface area contributed by atoms with E-state index in [0.29, 0.717) is 0 Å². The molecule has 2 N–H and O–H groups in total. The van der Waals surface area contributed by atoms with Crippen LogP contribution in [-0.2, 0) is 0 Å². The molecule has 0 aliphatic heterocycles. The molecule has 3 heteroatoms. The van der Waals surface area contributed by atoms with Crippen molar-refractivity contribution in [1.82, 2.24) is 5.43 Å². The number of rotatable bonds is 2. The van der Waals surface area contributed by atoms with Crippen LogP contribution in [0.5, 0.6) is 0 Å². The van der Waals surface area contributed by atoms with Gasteiger partial charge >= 0.3 is 0 Å². The zero-order valence-corrected chi connectivity index (χ0v) is 5.10. The Morgan fingerprint density at radius 1 is 1.62 bits per heavy atom. The Hall–Kier alpha value is -0.990. The molecule has 0 rings (SSSR count). The van der Waals surface area contributed by atoms with Gasteiger partial charge in [0.2, 0.25) is 5.88 Å². The SMILES string of the molecule is C=NNC(O)=C(C)C. The average Bonchev–Trinajstić information content (AvgIpc) is 1.67. The molecule has 0 aromatic rings. The smallest absolute Gasteiger partial charge is 0.203 e. The highest BCUT2D eigenvalue weighted by atomic mass is 16.3. The summed E-state index contributed by atoms with van der Waals surface area (Å²) >= 11 is 0. The zero-order chi connectivity index (χ0) is 6.57. The molecule has 0 fully saturated rings. The van der Waals surface area contributed by atoms with Crippen LogP contribution >= 0.6 is 0 Å². The van der Waals surface area contributed by atoms with Crippen molar-refractivity contribution in [2.24, 2.45) is 5.10 Å². The van der Waals surface area contributed by atoms with E-state index in [9.17, 15) is 0 Å². The lowest BCUT2D eigenvalue weighted by Crippen LogP contribution is -2.04. The molecule has 0 heterocycles. The monoisotopic (exact) mass is 114 g/mol. The summed E-state index contributed by atoms with van der Waals surface area (Å²) in [6.07, 6.45) is 0. The first kappa shape index (κ1) is 7.01. The fourth-order valence-corrected chi connectivity index (χ4v) is 0.187. The third kappa shape index (κ3) is 2.23. The molecule has 0 radical (unpaired) electrons. The third-order valence-electron chi connectivity index (χ3n) is 0.659. The number of hydrogen-bond acceptors (Lipinski definition) is 3. The Bertz CT molecular complexity index is 114. The second kappa shape index (κ2) is 3.07. The second-order valence-corrected chi connectivity index (χ2v) is 1.62. The van der Waals surface area contributed by atoms with Crippen LogP contribution < -0.4 is 5.43 Å². The van der Waals surface area contributed by atoms with E-state index in [1.807, 2.05) is 0 Å². The van der Waals surface area contributed by atoms with E-state index in [0.717, 1.165) is 5.57 Å². The number of nitrogens with one attached hydrogen (secondary N) is 1. The van der Waals surface area contributed by atoms with E-state index in [1.165, 1.54) is 0 Å². The Morgan fingerprint density at radius 2 is 2.12 bits per heavy atom. The van der Waals surface area contributed by atoms with Gasteiger partial charge < -0.3 is 5.11 Å². The lowest BCUT2D eigenvalue weighted by atomic mass is 10.4. The van der Waals surface area contributed by atoms with Crippen LogP contribution in [0, 0.1) is 0 Å². The number of allylic oxidation sites excluding steroid dienone is 1. The lowest BCUT2D eigenvalue weighted by Gasteiger charge is -1.96. The van der Waals surface area contributed by atoms with Crippen LogP contribution in [0.25, 0.3) is 0 Å². The predicted molar refractivity (Wildman–Crippen MR) is 33.7 cm³/mol. The Kier molecular flexibility index (Phi) is 2.69. The highest BCUT2D eigenvalue weighted by Crippen LogP contribution is 1.92. The number of hydrazone groups is 1. The number of aliphatic hydroxyl groups is 1.